The number of aromatic nitrogens is 2. The Kier molecular flexibility index (Phi) is 4.49. The maximum atomic E-state index is 12.7. The van der Waals surface area contributed by atoms with E-state index in [1.165, 1.54) is 6.07 Å². The smallest absolute Gasteiger partial charge is 0.309 e. The molecule has 3 nitrogen and oxygen atoms in total. The molecule has 1 aliphatic heterocycles. The molecule has 0 atom stereocenters. The van der Waals surface area contributed by atoms with E-state index in [1.54, 1.807) is 0 Å². The quantitative estimate of drug-likeness (QED) is 0.714. The van der Waals surface area contributed by atoms with Crippen molar-refractivity contribution in [3.8, 4) is 11.3 Å². The van der Waals surface area contributed by atoms with Gasteiger partial charge < -0.3 is 5.32 Å². The number of rotatable bonds is 2. The van der Waals surface area contributed by atoms with Crippen LogP contribution in [0.3, 0.4) is 0 Å². The third-order valence-electron chi connectivity index (χ3n) is 4.50. The van der Waals surface area contributed by atoms with E-state index < -0.39 is 11.9 Å². The largest absolute Gasteiger partial charge is 0.435 e. The summed E-state index contributed by atoms with van der Waals surface area (Å²) < 4.78 is 38.0. The molecule has 0 unspecified atom stereocenters. The van der Waals surface area contributed by atoms with Crippen LogP contribution in [0.15, 0.2) is 66.7 Å². The van der Waals surface area contributed by atoms with Crippen LogP contribution in [0.4, 0.5) is 13.2 Å². The van der Waals surface area contributed by atoms with Crippen molar-refractivity contribution >= 4 is 5.57 Å². The van der Waals surface area contributed by atoms with Crippen molar-refractivity contribution in [1.82, 2.24) is 15.5 Å². The summed E-state index contributed by atoms with van der Waals surface area (Å²) in [5, 5.41) is 10.4. The summed E-state index contributed by atoms with van der Waals surface area (Å²) in [5.74, 6) is 0. The molecule has 3 aromatic rings. The van der Waals surface area contributed by atoms with Gasteiger partial charge in [0.2, 0.25) is 0 Å². The third kappa shape index (κ3) is 3.61. The van der Waals surface area contributed by atoms with E-state index >= 15 is 0 Å². The highest BCUT2D eigenvalue weighted by Crippen LogP contribution is 2.32. The van der Waals surface area contributed by atoms with Gasteiger partial charge >= 0.3 is 6.18 Å². The molecule has 0 saturated heterocycles. The standard InChI is InChI=1S/C21H16F3N3/c22-21(23,24)20-9-8-19(26-27-20)15-6-7-17-16(12-15)13-25-11-10-18(17)14-4-2-1-3-5-14/h1-10,12,25H,11,13H2. The van der Waals surface area contributed by atoms with Crippen LogP contribution in [-0.4, -0.2) is 16.7 Å². The Morgan fingerprint density at radius 3 is 2.37 bits per heavy atom. The first-order chi connectivity index (χ1) is 13.0. The molecule has 136 valence electrons. The molecule has 0 bridgehead atoms. The Bertz CT molecular complexity index is 978. The number of halogens is 3. The fourth-order valence-corrected chi connectivity index (χ4v) is 3.18. The minimum Gasteiger partial charge on any atom is -0.309 e. The van der Waals surface area contributed by atoms with E-state index in [1.807, 2.05) is 36.4 Å². The van der Waals surface area contributed by atoms with Crippen molar-refractivity contribution in [2.75, 3.05) is 6.54 Å². The highest BCUT2D eigenvalue weighted by atomic mass is 19.4. The summed E-state index contributed by atoms with van der Waals surface area (Å²) in [4.78, 5) is 0. The van der Waals surface area contributed by atoms with Crippen molar-refractivity contribution in [3.05, 3.63) is 89.1 Å². The first-order valence-corrected chi connectivity index (χ1v) is 8.53. The summed E-state index contributed by atoms with van der Waals surface area (Å²) in [6, 6.07) is 18.3. The van der Waals surface area contributed by atoms with Crippen LogP contribution in [0.5, 0.6) is 0 Å². The normalized spacial score (nSPS) is 14.3. The van der Waals surface area contributed by atoms with Gasteiger partial charge in [-0.3, -0.25) is 0 Å². The summed E-state index contributed by atoms with van der Waals surface area (Å²) in [6.07, 6.45) is -2.34. The molecule has 1 aliphatic rings. The van der Waals surface area contributed by atoms with Gasteiger partial charge in [-0.25, -0.2) is 0 Å². The molecule has 0 amide bonds. The molecule has 0 aliphatic carbocycles. The summed E-state index contributed by atoms with van der Waals surface area (Å²) in [6.45, 7) is 1.42. The number of nitrogens with zero attached hydrogens (tertiary/aromatic N) is 2. The monoisotopic (exact) mass is 367 g/mol. The van der Waals surface area contributed by atoms with E-state index in [0.29, 0.717) is 12.2 Å². The lowest BCUT2D eigenvalue weighted by Crippen LogP contribution is -2.11. The van der Waals surface area contributed by atoms with E-state index in [-0.39, 0.29) is 0 Å². The van der Waals surface area contributed by atoms with E-state index in [0.717, 1.165) is 40.4 Å². The van der Waals surface area contributed by atoms with Gasteiger partial charge in [0, 0.05) is 18.7 Å². The van der Waals surface area contributed by atoms with Gasteiger partial charge in [0.05, 0.1) is 5.69 Å². The molecule has 6 heteroatoms. The van der Waals surface area contributed by atoms with Gasteiger partial charge in [-0.15, -0.1) is 10.2 Å². The van der Waals surface area contributed by atoms with Crippen molar-refractivity contribution in [1.29, 1.82) is 0 Å². The SMILES string of the molecule is FC(F)(F)c1ccc(-c2ccc3c(c2)CNCC=C3c2ccccc2)nn1. The number of hydrogen-bond acceptors (Lipinski definition) is 3. The van der Waals surface area contributed by atoms with Crippen molar-refractivity contribution in [2.45, 2.75) is 12.7 Å². The predicted molar refractivity (Wildman–Crippen MR) is 97.7 cm³/mol. The second-order valence-corrected chi connectivity index (χ2v) is 6.29. The molecular formula is C21H16F3N3. The first kappa shape index (κ1) is 17.4. The molecule has 0 radical (unpaired) electrons. The second kappa shape index (κ2) is 6.96. The van der Waals surface area contributed by atoms with Crippen LogP contribution < -0.4 is 5.32 Å². The minimum atomic E-state index is -4.49. The lowest BCUT2D eigenvalue weighted by atomic mass is 9.92. The van der Waals surface area contributed by atoms with Crippen LogP contribution in [-0.2, 0) is 12.7 Å². The zero-order chi connectivity index (χ0) is 18.9. The van der Waals surface area contributed by atoms with Gasteiger partial charge in [0.15, 0.2) is 5.69 Å². The molecular weight excluding hydrogens is 351 g/mol. The zero-order valence-corrected chi connectivity index (χ0v) is 14.3. The number of benzene rings is 2. The first-order valence-electron chi connectivity index (χ1n) is 8.53. The van der Waals surface area contributed by atoms with Crippen molar-refractivity contribution in [3.63, 3.8) is 0 Å². The van der Waals surface area contributed by atoms with Gasteiger partial charge in [0.25, 0.3) is 0 Å². The van der Waals surface area contributed by atoms with Gasteiger partial charge in [-0.05, 0) is 40.5 Å². The van der Waals surface area contributed by atoms with Gasteiger partial charge in [-0.1, -0.05) is 48.5 Å². The lowest BCUT2D eigenvalue weighted by molar-refractivity contribution is -0.141. The molecule has 4 rings (SSSR count). The van der Waals surface area contributed by atoms with E-state index in [4.69, 9.17) is 0 Å². The fourth-order valence-electron chi connectivity index (χ4n) is 3.18. The number of fused-ring (bicyclic) bond motifs is 1. The summed E-state index contributed by atoms with van der Waals surface area (Å²) in [5.41, 5.74) is 4.62. The highest BCUT2D eigenvalue weighted by Gasteiger charge is 2.32. The molecule has 2 heterocycles. The van der Waals surface area contributed by atoms with Crippen molar-refractivity contribution < 1.29 is 13.2 Å². The van der Waals surface area contributed by atoms with E-state index in [9.17, 15) is 13.2 Å². The van der Waals surface area contributed by atoms with Crippen LogP contribution in [0.1, 0.15) is 22.4 Å². The highest BCUT2D eigenvalue weighted by molar-refractivity contribution is 5.83. The van der Waals surface area contributed by atoms with E-state index in [2.05, 4.69) is 33.7 Å². The molecule has 1 aromatic heterocycles. The average Bonchev–Trinajstić information content (AvgIpc) is 2.90. The number of alkyl halides is 3. The maximum Gasteiger partial charge on any atom is 0.435 e. The van der Waals surface area contributed by atoms with Crippen LogP contribution in [0.2, 0.25) is 0 Å². The van der Waals surface area contributed by atoms with Crippen LogP contribution in [0, 0.1) is 0 Å². The van der Waals surface area contributed by atoms with Crippen LogP contribution >= 0.6 is 0 Å². The molecule has 0 fully saturated rings. The molecule has 27 heavy (non-hydrogen) atoms. The zero-order valence-electron chi connectivity index (χ0n) is 14.3. The Morgan fingerprint density at radius 2 is 1.67 bits per heavy atom. The Morgan fingerprint density at radius 1 is 0.852 bits per heavy atom. The summed E-state index contributed by atoms with van der Waals surface area (Å²) >= 11 is 0. The Labute approximate surface area is 154 Å². The predicted octanol–water partition coefficient (Wildman–Crippen LogP) is 4.70. The molecule has 0 saturated carbocycles. The average molecular weight is 367 g/mol. The summed E-state index contributed by atoms with van der Waals surface area (Å²) in [7, 11) is 0. The number of nitrogens with one attached hydrogen (secondary N) is 1. The Hall–Kier alpha value is -2.99. The van der Waals surface area contributed by atoms with Crippen molar-refractivity contribution in [2.24, 2.45) is 0 Å². The van der Waals surface area contributed by atoms with Gasteiger partial charge in [0.1, 0.15) is 0 Å². The number of hydrogen-bond donors (Lipinski definition) is 1. The topological polar surface area (TPSA) is 37.8 Å². The molecule has 1 N–H and O–H groups in total. The van der Waals surface area contributed by atoms with Crippen LogP contribution in [0.25, 0.3) is 16.8 Å². The maximum absolute atomic E-state index is 12.7. The third-order valence-corrected chi connectivity index (χ3v) is 4.50. The Balaban J connectivity index is 1.72. The van der Waals surface area contributed by atoms with Gasteiger partial charge in [-0.2, -0.15) is 13.2 Å². The molecule has 2 aromatic carbocycles. The molecule has 0 spiro atoms. The second-order valence-electron chi connectivity index (χ2n) is 6.29. The fraction of sp³-hybridized carbons (Fsp3) is 0.143. The lowest BCUT2D eigenvalue weighted by Gasteiger charge is -2.13. The minimum absolute atomic E-state index is 0.417.